The second-order valence-electron chi connectivity index (χ2n) is 2.99. The van der Waals surface area contributed by atoms with Gasteiger partial charge in [0.2, 0.25) is 0 Å². The number of hydrogen-bond acceptors (Lipinski definition) is 3. The van der Waals surface area contributed by atoms with Gasteiger partial charge in [0, 0.05) is 11.8 Å². The third kappa shape index (κ3) is 2.39. The number of aromatic amines is 1. The summed E-state index contributed by atoms with van der Waals surface area (Å²) in [6.45, 7) is 3.92. The predicted molar refractivity (Wildman–Crippen MR) is 51.5 cm³/mol. The van der Waals surface area contributed by atoms with E-state index in [1.165, 1.54) is 6.07 Å². The van der Waals surface area contributed by atoms with Gasteiger partial charge in [-0.05, 0) is 12.8 Å². The monoisotopic (exact) mass is 181 g/mol. The number of rotatable bonds is 3. The number of nitrogens with two attached hydrogens (primary N) is 1. The highest BCUT2D eigenvalue weighted by Crippen LogP contribution is 2.06. The molecular weight excluding hydrogens is 166 g/mol. The van der Waals surface area contributed by atoms with E-state index in [0.717, 1.165) is 18.5 Å². The van der Waals surface area contributed by atoms with Crippen LogP contribution in [0.2, 0.25) is 0 Å². The second-order valence-corrected chi connectivity index (χ2v) is 2.99. The minimum atomic E-state index is -0.167. The smallest absolute Gasteiger partial charge is 0.251 e. The van der Waals surface area contributed by atoms with Crippen molar-refractivity contribution < 1.29 is 0 Å². The van der Waals surface area contributed by atoms with E-state index in [4.69, 9.17) is 5.73 Å². The zero-order valence-electron chi connectivity index (χ0n) is 8.00. The van der Waals surface area contributed by atoms with Crippen LogP contribution in [0.1, 0.15) is 37.8 Å². The molecule has 0 aromatic carbocycles. The van der Waals surface area contributed by atoms with Gasteiger partial charge in [0.1, 0.15) is 5.82 Å². The van der Waals surface area contributed by atoms with Crippen molar-refractivity contribution >= 4 is 0 Å². The molecule has 1 unspecified atom stereocenters. The number of nitrogens with zero attached hydrogens (tertiary/aromatic N) is 1. The summed E-state index contributed by atoms with van der Waals surface area (Å²) in [4.78, 5) is 18.0. The maximum absolute atomic E-state index is 11.1. The highest BCUT2D eigenvalue weighted by Gasteiger charge is 2.06. The fraction of sp³-hybridized carbons (Fsp3) is 0.556. The second kappa shape index (κ2) is 4.18. The third-order valence-corrected chi connectivity index (χ3v) is 1.97. The van der Waals surface area contributed by atoms with Gasteiger partial charge in [-0.1, -0.05) is 13.8 Å². The molecule has 1 aromatic rings. The van der Waals surface area contributed by atoms with Crippen LogP contribution >= 0.6 is 0 Å². The summed E-state index contributed by atoms with van der Waals surface area (Å²) in [5, 5.41) is 0. The van der Waals surface area contributed by atoms with Crippen molar-refractivity contribution in [2.45, 2.75) is 32.7 Å². The molecule has 0 saturated heterocycles. The molecule has 0 spiro atoms. The Morgan fingerprint density at radius 1 is 1.62 bits per heavy atom. The van der Waals surface area contributed by atoms with Crippen LogP contribution in [0.5, 0.6) is 0 Å². The van der Waals surface area contributed by atoms with Crippen molar-refractivity contribution in [3.63, 3.8) is 0 Å². The Morgan fingerprint density at radius 3 is 2.85 bits per heavy atom. The topological polar surface area (TPSA) is 71.8 Å². The Balaban J connectivity index is 3.08. The fourth-order valence-electron chi connectivity index (χ4n) is 1.08. The van der Waals surface area contributed by atoms with Gasteiger partial charge < -0.3 is 10.7 Å². The van der Waals surface area contributed by atoms with E-state index in [0.29, 0.717) is 5.82 Å². The molecule has 1 aromatic heterocycles. The first-order chi connectivity index (χ1) is 6.17. The molecule has 72 valence electrons. The van der Waals surface area contributed by atoms with E-state index in [1.807, 2.05) is 13.8 Å². The van der Waals surface area contributed by atoms with Gasteiger partial charge in [-0.25, -0.2) is 4.98 Å². The molecule has 13 heavy (non-hydrogen) atoms. The molecule has 4 heteroatoms. The molecule has 1 rings (SSSR count). The summed E-state index contributed by atoms with van der Waals surface area (Å²) in [7, 11) is 0. The third-order valence-electron chi connectivity index (χ3n) is 1.97. The van der Waals surface area contributed by atoms with Gasteiger partial charge in [0.15, 0.2) is 0 Å². The molecule has 0 radical (unpaired) electrons. The predicted octanol–water partition coefficient (Wildman–Crippen LogP) is 0.742. The quantitative estimate of drug-likeness (QED) is 0.722. The Kier molecular flexibility index (Phi) is 3.19. The first-order valence-electron chi connectivity index (χ1n) is 4.53. The van der Waals surface area contributed by atoms with E-state index >= 15 is 0 Å². The summed E-state index contributed by atoms with van der Waals surface area (Å²) in [5.41, 5.74) is 6.43. The average Bonchev–Trinajstić information content (AvgIpc) is 2.15. The summed E-state index contributed by atoms with van der Waals surface area (Å²) in [6, 6.07) is 1.34. The van der Waals surface area contributed by atoms with Crippen LogP contribution in [0.3, 0.4) is 0 Å². The molecule has 1 atom stereocenters. The molecule has 0 saturated carbocycles. The molecule has 3 N–H and O–H groups in total. The van der Waals surface area contributed by atoms with Gasteiger partial charge in [-0.2, -0.15) is 0 Å². The van der Waals surface area contributed by atoms with Gasteiger partial charge >= 0.3 is 0 Å². The lowest BCUT2D eigenvalue weighted by Crippen LogP contribution is -2.19. The molecule has 0 aliphatic rings. The highest BCUT2D eigenvalue weighted by atomic mass is 16.1. The van der Waals surface area contributed by atoms with Crippen molar-refractivity contribution in [2.75, 3.05) is 0 Å². The van der Waals surface area contributed by atoms with Crippen molar-refractivity contribution in [3.05, 3.63) is 27.9 Å². The normalized spacial score (nSPS) is 12.8. The van der Waals surface area contributed by atoms with Crippen molar-refractivity contribution in [1.29, 1.82) is 0 Å². The lowest BCUT2D eigenvalue weighted by molar-refractivity contribution is 0.639. The molecule has 1 heterocycles. The summed E-state index contributed by atoms with van der Waals surface area (Å²) in [5.74, 6) is 0.590. The molecular formula is C9H15N3O. The number of hydrogen-bond donors (Lipinski definition) is 2. The zero-order valence-corrected chi connectivity index (χ0v) is 8.00. The molecule has 0 bridgehead atoms. The largest absolute Gasteiger partial charge is 0.321 e. The van der Waals surface area contributed by atoms with Gasteiger partial charge in [0.05, 0.1) is 6.04 Å². The lowest BCUT2D eigenvalue weighted by atomic mass is 10.2. The van der Waals surface area contributed by atoms with E-state index in [9.17, 15) is 4.79 Å². The van der Waals surface area contributed by atoms with Crippen LogP contribution in [-0.2, 0) is 6.42 Å². The van der Waals surface area contributed by atoms with Crippen molar-refractivity contribution in [3.8, 4) is 0 Å². The zero-order chi connectivity index (χ0) is 9.84. The van der Waals surface area contributed by atoms with Crippen molar-refractivity contribution in [1.82, 2.24) is 9.97 Å². The minimum absolute atomic E-state index is 0.120. The molecule has 0 fully saturated rings. The summed E-state index contributed by atoms with van der Waals surface area (Å²) >= 11 is 0. The van der Waals surface area contributed by atoms with Crippen molar-refractivity contribution in [2.24, 2.45) is 5.73 Å². The fourth-order valence-corrected chi connectivity index (χ4v) is 1.08. The van der Waals surface area contributed by atoms with Crippen LogP contribution in [0.15, 0.2) is 10.9 Å². The lowest BCUT2D eigenvalue weighted by Gasteiger charge is -2.08. The molecule has 4 nitrogen and oxygen atoms in total. The summed E-state index contributed by atoms with van der Waals surface area (Å²) in [6.07, 6.45) is 1.53. The van der Waals surface area contributed by atoms with Gasteiger partial charge in [-0.15, -0.1) is 0 Å². The van der Waals surface area contributed by atoms with E-state index in [2.05, 4.69) is 9.97 Å². The van der Waals surface area contributed by atoms with Crippen LogP contribution in [0.4, 0.5) is 0 Å². The maximum atomic E-state index is 11.1. The highest BCUT2D eigenvalue weighted by molar-refractivity contribution is 5.04. The first kappa shape index (κ1) is 9.92. The standard InChI is InChI=1S/C9H15N3O/c1-3-6-5-8(13)12-9(11-6)7(10)4-2/h5,7H,3-4,10H2,1-2H3,(H,11,12,13). The number of aromatic nitrogens is 2. The van der Waals surface area contributed by atoms with Crippen LogP contribution < -0.4 is 11.3 Å². The SMILES string of the molecule is CCc1cc(=O)[nH]c(C(N)CC)n1. The van der Waals surface area contributed by atoms with Crippen LogP contribution in [-0.4, -0.2) is 9.97 Å². The van der Waals surface area contributed by atoms with Crippen LogP contribution in [0.25, 0.3) is 0 Å². The van der Waals surface area contributed by atoms with E-state index in [-0.39, 0.29) is 11.6 Å². The van der Waals surface area contributed by atoms with E-state index in [1.54, 1.807) is 0 Å². The van der Waals surface area contributed by atoms with Gasteiger partial charge in [0.25, 0.3) is 5.56 Å². The Bertz CT molecular complexity index is 332. The molecule has 0 aliphatic heterocycles. The average molecular weight is 181 g/mol. The number of nitrogens with one attached hydrogen (secondary N) is 1. The van der Waals surface area contributed by atoms with E-state index < -0.39 is 0 Å². The van der Waals surface area contributed by atoms with Gasteiger partial charge in [-0.3, -0.25) is 4.79 Å². The summed E-state index contributed by atoms with van der Waals surface area (Å²) < 4.78 is 0. The number of H-pyrrole nitrogens is 1. The first-order valence-corrected chi connectivity index (χ1v) is 4.53. The molecule has 0 aliphatic carbocycles. The van der Waals surface area contributed by atoms with Crippen LogP contribution in [0, 0.1) is 0 Å². The Hall–Kier alpha value is -1.16. The Labute approximate surface area is 77.2 Å². The number of aryl methyl sites for hydroxylation is 1. The minimum Gasteiger partial charge on any atom is -0.321 e. The molecule has 0 amide bonds. The maximum Gasteiger partial charge on any atom is 0.251 e. The Morgan fingerprint density at radius 2 is 2.31 bits per heavy atom.